The topological polar surface area (TPSA) is 67.0 Å². The number of hydrogen-bond donors (Lipinski definition) is 2. The van der Waals surface area contributed by atoms with Gasteiger partial charge in [0.1, 0.15) is 5.82 Å². The van der Waals surface area contributed by atoms with E-state index in [-0.39, 0.29) is 5.56 Å². The second kappa shape index (κ2) is 7.01. The van der Waals surface area contributed by atoms with Crippen molar-refractivity contribution in [3.63, 3.8) is 0 Å². The summed E-state index contributed by atoms with van der Waals surface area (Å²) in [7, 11) is 1.71. The summed E-state index contributed by atoms with van der Waals surface area (Å²) in [5, 5.41) is 3.90. The highest BCUT2D eigenvalue weighted by Crippen LogP contribution is 2.05. The summed E-state index contributed by atoms with van der Waals surface area (Å²) in [5.74, 6) is 0.676. The summed E-state index contributed by atoms with van der Waals surface area (Å²) in [6.07, 6.45) is 2.08. The highest BCUT2D eigenvalue weighted by molar-refractivity contribution is 5.77. The van der Waals surface area contributed by atoms with Crippen LogP contribution in [0.5, 0.6) is 0 Å². The van der Waals surface area contributed by atoms with Crippen LogP contribution in [0, 0.1) is 0 Å². The van der Waals surface area contributed by atoms with Gasteiger partial charge in [0, 0.05) is 13.7 Å². The number of para-hydroxylation sites is 1. The van der Waals surface area contributed by atoms with Crippen LogP contribution in [0.4, 0.5) is 0 Å². The zero-order chi connectivity index (χ0) is 13.5. The number of nitrogens with zero attached hydrogens (tertiary/aromatic N) is 1. The monoisotopic (exact) mass is 261 g/mol. The zero-order valence-electron chi connectivity index (χ0n) is 11.1. The van der Waals surface area contributed by atoms with E-state index >= 15 is 0 Å². The fourth-order valence-electron chi connectivity index (χ4n) is 1.92. The van der Waals surface area contributed by atoms with Gasteiger partial charge in [-0.3, -0.25) is 4.79 Å². The number of hydrogen-bond acceptors (Lipinski definition) is 4. The zero-order valence-corrected chi connectivity index (χ0v) is 11.1. The largest absolute Gasteiger partial charge is 0.385 e. The molecular weight excluding hydrogens is 242 g/mol. The van der Waals surface area contributed by atoms with Gasteiger partial charge in [-0.15, -0.1) is 0 Å². The van der Waals surface area contributed by atoms with Gasteiger partial charge in [0.15, 0.2) is 0 Å². The molecular formula is C14H19N3O2. The SMILES string of the molecule is COCCCCNCc1nc2ccccc2c(=O)[nH]1. The average Bonchev–Trinajstić information content (AvgIpc) is 2.43. The quantitative estimate of drug-likeness (QED) is 0.740. The van der Waals surface area contributed by atoms with Crippen LogP contribution in [-0.2, 0) is 11.3 Å². The second-order valence-corrected chi connectivity index (χ2v) is 4.41. The van der Waals surface area contributed by atoms with Crippen molar-refractivity contribution in [1.29, 1.82) is 0 Å². The Morgan fingerprint density at radius 2 is 2.16 bits per heavy atom. The molecule has 0 aliphatic carbocycles. The highest BCUT2D eigenvalue weighted by atomic mass is 16.5. The Balaban J connectivity index is 1.92. The van der Waals surface area contributed by atoms with Gasteiger partial charge >= 0.3 is 0 Å². The number of ether oxygens (including phenoxy) is 1. The van der Waals surface area contributed by atoms with E-state index < -0.39 is 0 Å². The Morgan fingerprint density at radius 1 is 1.32 bits per heavy atom. The summed E-state index contributed by atoms with van der Waals surface area (Å²) in [4.78, 5) is 19.1. The van der Waals surface area contributed by atoms with Gasteiger partial charge in [0.25, 0.3) is 5.56 Å². The minimum atomic E-state index is -0.0817. The van der Waals surface area contributed by atoms with Crippen LogP contribution >= 0.6 is 0 Å². The average molecular weight is 261 g/mol. The van der Waals surface area contributed by atoms with Gasteiger partial charge in [-0.1, -0.05) is 12.1 Å². The van der Waals surface area contributed by atoms with Crippen molar-refractivity contribution >= 4 is 10.9 Å². The van der Waals surface area contributed by atoms with Crippen LogP contribution in [0.2, 0.25) is 0 Å². The third-order valence-electron chi connectivity index (χ3n) is 2.91. The minimum absolute atomic E-state index is 0.0817. The first-order valence-corrected chi connectivity index (χ1v) is 6.49. The summed E-state index contributed by atoms with van der Waals surface area (Å²) >= 11 is 0. The smallest absolute Gasteiger partial charge is 0.258 e. The van der Waals surface area contributed by atoms with Crippen molar-refractivity contribution in [2.24, 2.45) is 0 Å². The molecule has 0 aliphatic rings. The molecule has 0 saturated heterocycles. The molecule has 1 aromatic heterocycles. The fraction of sp³-hybridized carbons (Fsp3) is 0.429. The van der Waals surface area contributed by atoms with Crippen molar-refractivity contribution < 1.29 is 4.74 Å². The van der Waals surface area contributed by atoms with E-state index in [1.165, 1.54) is 0 Å². The molecule has 2 N–H and O–H groups in total. The number of methoxy groups -OCH3 is 1. The van der Waals surface area contributed by atoms with Crippen molar-refractivity contribution in [1.82, 2.24) is 15.3 Å². The third-order valence-corrected chi connectivity index (χ3v) is 2.91. The molecule has 0 atom stereocenters. The molecule has 5 nitrogen and oxygen atoms in total. The molecule has 0 saturated carbocycles. The molecule has 0 bridgehead atoms. The summed E-state index contributed by atoms with van der Waals surface area (Å²) < 4.78 is 4.98. The molecule has 1 heterocycles. The van der Waals surface area contributed by atoms with Crippen LogP contribution in [0.3, 0.4) is 0 Å². The third kappa shape index (κ3) is 3.87. The Hall–Kier alpha value is -1.72. The molecule has 5 heteroatoms. The molecule has 0 spiro atoms. The molecule has 0 unspecified atom stereocenters. The number of H-pyrrole nitrogens is 1. The standard InChI is InChI=1S/C14H19N3O2/c1-19-9-5-4-8-15-10-13-16-12-7-3-2-6-11(12)14(18)17-13/h2-3,6-7,15H,4-5,8-10H2,1H3,(H,16,17,18). The maximum Gasteiger partial charge on any atom is 0.258 e. The number of aromatic nitrogens is 2. The van der Waals surface area contributed by atoms with Crippen LogP contribution < -0.4 is 10.9 Å². The van der Waals surface area contributed by atoms with E-state index in [9.17, 15) is 4.79 Å². The second-order valence-electron chi connectivity index (χ2n) is 4.41. The van der Waals surface area contributed by atoms with E-state index in [0.717, 1.165) is 31.5 Å². The van der Waals surface area contributed by atoms with E-state index in [1.807, 2.05) is 18.2 Å². The highest BCUT2D eigenvalue weighted by Gasteiger charge is 2.02. The van der Waals surface area contributed by atoms with Gasteiger partial charge in [-0.2, -0.15) is 0 Å². The first-order valence-electron chi connectivity index (χ1n) is 6.49. The van der Waals surface area contributed by atoms with Gasteiger partial charge in [0.2, 0.25) is 0 Å². The van der Waals surface area contributed by atoms with Gasteiger partial charge in [0.05, 0.1) is 17.4 Å². The lowest BCUT2D eigenvalue weighted by Gasteiger charge is -2.05. The number of benzene rings is 1. The lowest BCUT2D eigenvalue weighted by Crippen LogP contribution is -2.20. The summed E-state index contributed by atoms with van der Waals surface area (Å²) in [6.45, 7) is 2.25. The summed E-state index contributed by atoms with van der Waals surface area (Å²) in [6, 6.07) is 7.36. The van der Waals surface area contributed by atoms with Gasteiger partial charge < -0.3 is 15.0 Å². The van der Waals surface area contributed by atoms with E-state index in [1.54, 1.807) is 13.2 Å². The fourth-order valence-corrected chi connectivity index (χ4v) is 1.92. The number of aromatic amines is 1. The predicted molar refractivity (Wildman–Crippen MR) is 75.2 cm³/mol. The van der Waals surface area contributed by atoms with Crippen molar-refractivity contribution in [3.8, 4) is 0 Å². The molecule has 0 radical (unpaired) electrons. The Bertz CT molecular complexity index is 580. The van der Waals surface area contributed by atoms with Crippen LogP contribution in [-0.4, -0.2) is 30.2 Å². The maximum absolute atomic E-state index is 11.8. The lowest BCUT2D eigenvalue weighted by molar-refractivity contribution is 0.192. The van der Waals surface area contributed by atoms with Crippen molar-refractivity contribution in [3.05, 3.63) is 40.4 Å². The van der Waals surface area contributed by atoms with Crippen LogP contribution in [0.15, 0.2) is 29.1 Å². The molecule has 0 amide bonds. The first-order chi connectivity index (χ1) is 9.31. The molecule has 2 rings (SSSR count). The first kappa shape index (κ1) is 13.7. The van der Waals surface area contributed by atoms with Crippen molar-refractivity contribution in [2.45, 2.75) is 19.4 Å². The van der Waals surface area contributed by atoms with Gasteiger partial charge in [-0.25, -0.2) is 4.98 Å². The number of unbranched alkanes of at least 4 members (excludes halogenated alkanes) is 1. The molecule has 2 aromatic rings. The van der Waals surface area contributed by atoms with E-state index in [0.29, 0.717) is 17.8 Å². The molecule has 0 fully saturated rings. The normalized spacial score (nSPS) is 11.0. The number of rotatable bonds is 7. The Kier molecular flexibility index (Phi) is 5.06. The molecule has 0 aliphatic heterocycles. The summed E-state index contributed by atoms with van der Waals surface area (Å²) in [5.41, 5.74) is 0.657. The Labute approximate surface area is 112 Å². The molecule has 1 aromatic carbocycles. The van der Waals surface area contributed by atoms with E-state index in [2.05, 4.69) is 15.3 Å². The van der Waals surface area contributed by atoms with Crippen molar-refractivity contribution in [2.75, 3.05) is 20.3 Å². The van der Waals surface area contributed by atoms with Crippen LogP contribution in [0.1, 0.15) is 18.7 Å². The van der Waals surface area contributed by atoms with Crippen LogP contribution in [0.25, 0.3) is 10.9 Å². The molecule has 102 valence electrons. The number of fused-ring (bicyclic) bond motifs is 1. The Morgan fingerprint density at radius 3 is 3.00 bits per heavy atom. The number of nitrogens with one attached hydrogen (secondary N) is 2. The lowest BCUT2D eigenvalue weighted by atomic mass is 10.2. The van der Waals surface area contributed by atoms with E-state index in [4.69, 9.17) is 4.74 Å². The van der Waals surface area contributed by atoms with Gasteiger partial charge in [-0.05, 0) is 31.5 Å². The molecule has 19 heavy (non-hydrogen) atoms. The minimum Gasteiger partial charge on any atom is -0.385 e. The predicted octanol–water partition coefficient (Wildman–Crippen LogP) is 1.44. The maximum atomic E-state index is 11.8.